The minimum atomic E-state index is -1.69. The fourth-order valence-corrected chi connectivity index (χ4v) is 8.89. The van der Waals surface area contributed by atoms with Gasteiger partial charge in [0.1, 0.15) is 62.0 Å². The summed E-state index contributed by atoms with van der Waals surface area (Å²) in [6.07, 6.45) is 7.13. The van der Waals surface area contributed by atoms with Crippen LogP contribution in [0.2, 0.25) is 0 Å². The van der Waals surface area contributed by atoms with Crippen molar-refractivity contribution in [3.05, 3.63) is 0 Å². The molecular weight excluding hydrogens is 813 g/mol. The average Bonchev–Trinajstić information content (AvgIpc) is 3.25. The molecule has 0 aromatic carbocycles. The SMILES string of the molecule is CC(C)CCCCCCCCCCCCC1O[C@H]2O[C@@H](COC(=O)C(C)C(CCCCCCCCCCCC(C)C)O[C@@H]3O[C@H](COC(=O)C1C)[C@@H](O)[C@H](O)[C@H]3O)[C@H](O)[C@@H](O)[C@@H]2O. The van der Waals surface area contributed by atoms with Crippen LogP contribution in [0.3, 0.4) is 0 Å². The van der Waals surface area contributed by atoms with Gasteiger partial charge in [0.2, 0.25) is 0 Å². The lowest BCUT2D eigenvalue weighted by atomic mass is 9.95. The maximum atomic E-state index is 13.6. The van der Waals surface area contributed by atoms with Gasteiger partial charge in [0.15, 0.2) is 12.6 Å². The summed E-state index contributed by atoms with van der Waals surface area (Å²) in [5.74, 6) is -1.73. The Morgan fingerprint density at radius 2 is 0.698 bits per heavy atom. The van der Waals surface area contributed by atoms with Gasteiger partial charge in [-0.2, -0.15) is 0 Å². The topological polar surface area (TPSA) is 211 Å². The first-order valence-electron chi connectivity index (χ1n) is 25.2. The summed E-state index contributed by atoms with van der Waals surface area (Å²) in [4.78, 5) is 27.3. The van der Waals surface area contributed by atoms with E-state index < -0.39 is 111 Å². The molecule has 0 aromatic heterocycles. The van der Waals surface area contributed by atoms with E-state index in [9.17, 15) is 40.2 Å². The molecule has 63 heavy (non-hydrogen) atoms. The van der Waals surface area contributed by atoms with Gasteiger partial charge in [-0.1, -0.05) is 163 Å². The van der Waals surface area contributed by atoms with E-state index in [1.54, 1.807) is 13.8 Å². The number of cyclic esters (lactones) is 2. The number of esters is 2. The predicted molar refractivity (Wildman–Crippen MR) is 239 cm³/mol. The largest absolute Gasteiger partial charge is 0.463 e. The number of carbonyl (C=O) groups is 2. The molecule has 0 amide bonds. The van der Waals surface area contributed by atoms with E-state index >= 15 is 0 Å². The van der Waals surface area contributed by atoms with E-state index in [1.165, 1.54) is 70.6 Å². The minimum absolute atomic E-state index is 0.386. The number of aliphatic hydroxyl groups excluding tert-OH is 6. The lowest BCUT2D eigenvalue weighted by molar-refractivity contribution is -0.320. The highest BCUT2D eigenvalue weighted by molar-refractivity contribution is 5.73. The van der Waals surface area contributed by atoms with Crippen LogP contribution in [0.15, 0.2) is 0 Å². The number of hydrogen-bond donors (Lipinski definition) is 6. The first-order valence-corrected chi connectivity index (χ1v) is 25.2. The number of aliphatic hydroxyl groups is 6. The first-order chi connectivity index (χ1) is 30.1. The molecule has 0 spiro atoms. The van der Waals surface area contributed by atoms with Gasteiger partial charge in [-0.25, -0.2) is 0 Å². The number of unbranched alkanes of at least 4 members (excludes halogenated alkanes) is 17. The number of ether oxygens (including phenoxy) is 6. The fourth-order valence-electron chi connectivity index (χ4n) is 8.89. The number of carbonyl (C=O) groups excluding carboxylic acids is 2. The number of rotatable bonds is 25. The average molecular weight is 903 g/mol. The van der Waals surface area contributed by atoms with Crippen LogP contribution in [0.5, 0.6) is 0 Å². The fraction of sp³-hybridized carbons (Fsp3) is 0.959. The van der Waals surface area contributed by atoms with Gasteiger partial charge in [-0.3, -0.25) is 9.59 Å². The first kappa shape index (κ1) is 55.9. The molecule has 14 nitrogen and oxygen atoms in total. The van der Waals surface area contributed by atoms with Crippen molar-refractivity contribution in [2.24, 2.45) is 23.7 Å². The second kappa shape index (κ2) is 30.8. The van der Waals surface area contributed by atoms with Crippen LogP contribution in [-0.4, -0.2) is 129 Å². The van der Waals surface area contributed by atoms with Crippen molar-refractivity contribution in [2.75, 3.05) is 13.2 Å². The third-order valence-electron chi connectivity index (χ3n) is 13.4. The summed E-state index contributed by atoms with van der Waals surface area (Å²) < 4.78 is 35.7. The summed E-state index contributed by atoms with van der Waals surface area (Å²) in [5, 5.41) is 65.5. The van der Waals surface area contributed by atoms with Gasteiger partial charge >= 0.3 is 11.9 Å². The standard InChI is InChI=1S/C49H90O14/c1-32(2)26-22-18-14-10-7-8-12-16-20-24-28-36-34(5)46(56)58-30-39-41(51)43(53)45(55)49(63-39)61-37(29-25-21-17-13-9-11-15-19-23-27-33(3)4)35(6)47(57)59-31-38-40(50)42(52)44(54)48(60-36)62-38/h32-45,48-55H,7-31H2,1-6H3/t34?,35?,36?,37?,38-,39+,40-,41+,42+,43-,44-,45+,48-,49+/m0/s1. The Bertz CT molecular complexity index is 1220. The Morgan fingerprint density at radius 3 is 1.00 bits per heavy atom. The lowest BCUT2D eigenvalue weighted by Gasteiger charge is -2.43. The van der Waals surface area contributed by atoms with Gasteiger partial charge in [0.25, 0.3) is 0 Å². The molecule has 3 heterocycles. The molecule has 3 aliphatic rings. The van der Waals surface area contributed by atoms with Crippen LogP contribution >= 0.6 is 0 Å². The quantitative estimate of drug-likeness (QED) is 0.0402. The molecule has 3 rings (SSSR count). The Morgan fingerprint density at radius 1 is 0.413 bits per heavy atom. The molecule has 3 aliphatic heterocycles. The smallest absolute Gasteiger partial charge is 0.311 e. The third-order valence-corrected chi connectivity index (χ3v) is 13.4. The van der Waals surface area contributed by atoms with Crippen molar-refractivity contribution in [2.45, 2.75) is 263 Å². The van der Waals surface area contributed by atoms with Crippen molar-refractivity contribution in [3.8, 4) is 0 Å². The van der Waals surface area contributed by atoms with Crippen molar-refractivity contribution in [1.29, 1.82) is 0 Å². The minimum Gasteiger partial charge on any atom is -0.463 e. The second-order valence-electron chi connectivity index (χ2n) is 19.9. The summed E-state index contributed by atoms with van der Waals surface area (Å²) in [7, 11) is 0. The summed E-state index contributed by atoms with van der Waals surface area (Å²) in [5.41, 5.74) is 0. The van der Waals surface area contributed by atoms with Crippen molar-refractivity contribution >= 4 is 11.9 Å². The predicted octanol–water partition coefficient (Wildman–Crippen LogP) is 7.03. The maximum Gasteiger partial charge on any atom is 0.311 e. The summed E-state index contributed by atoms with van der Waals surface area (Å²) >= 11 is 0. The van der Waals surface area contributed by atoms with E-state index in [2.05, 4.69) is 27.7 Å². The Balaban J connectivity index is 1.66. The Hall–Kier alpha value is -1.46. The molecule has 0 saturated carbocycles. The molecule has 3 saturated heterocycles. The molecule has 6 N–H and O–H groups in total. The molecular formula is C49H90O14. The molecule has 4 bridgehead atoms. The van der Waals surface area contributed by atoms with Crippen LogP contribution in [0.1, 0.15) is 189 Å². The zero-order chi connectivity index (χ0) is 46.3. The second-order valence-corrected chi connectivity index (χ2v) is 19.9. The third kappa shape index (κ3) is 20.1. The van der Waals surface area contributed by atoms with Crippen molar-refractivity contribution in [1.82, 2.24) is 0 Å². The summed E-state index contributed by atoms with van der Waals surface area (Å²) in [6.45, 7) is 11.3. The zero-order valence-corrected chi connectivity index (χ0v) is 39.9. The maximum absolute atomic E-state index is 13.6. The molecule has 0 aromatic rings. The Kier molecular flexibility index (Phi) is 27.3. The molecule has 14 atom stereocenters. The van der Waals surface area contributed by atoms with Gasteiger partial charge in [0, 0.05) is 0 Å². The van der Waals surface area contributed by atoms with Gasteiger partial charge in [-0.05, 0) is 38.5 Å². The zero-order valence-electron chi connectivity index (χ0n) is 39.9. The van der Waals surface area contributed by atoms with E-state index in [-0.39, 0.29) is 0 Å². The van der Waals surface area contributed by atoms with E-state index in [0.717, 1.165) is 63.2 Å². The molecule has 3 fully saturated rings. The highest BCUT2D eigenvalue weighted by atomic mass is 16.7. The lowest BCUT2D eigenvalue weighted by Crippen LogP contribution is -2.61. The van der Waals surface area contributed by atoms with Crippen LogP contribution in [0, 0.1) is 23.7 Å². The van der Waals surface area contributed by atoms with Gasteiger partial charge < -0.3 is 59.1 Å². The van der Waals surface area contributed by atoms with Crippen LogP contribution < -0.4 is 0 Å². The normalized spacial score (nSPS) is 33.8. The summed E-state index contributed by atoms with van der Waals surface area (Å²) in [6, 6.07) is 0. The van der Waals surface area contributed by atoms with Crippen LogP contribution in [-0.2, 0) is 38.0 Å². The Labute approximate surface area is 379 Å². The van der Waals surface area contributed by atoms with Gasteiger partial charge in [-0.15, -0.1) is 0 Å². The van der Waals surface area contributed by atoms with E-state index in [0.29, 0.717) is 25.7 Å². The van der Waals surface area contributed by atoms with Gasteiger partial charge in [0.05, 0.1) is 24.0 Å². The molecule has 4 unspecified atom stereocenters. The molecule has 0 radical (unpaired) electrons. The van der Waals surface area contributed by atoms with Crippen LogP contribution in [0.4, 0.5) is 0 Å². The number of fused-ring (bicyclic) bond motifs is 4. The highest BCUT2D eigenvalue weighted by Gasteiger charge is 2.49. The highest BCUT2D eigenvalue weighted by Crippen LogP contribution is 2.31. The molecule has 370 valence electrons. The van der Waals surface area contributed by atoms with E-state index in [1.807, 2.05) is 0 Å². The van der Waals surface area contributed by atoms with Crippen LogP contribution in [0.25, 0.3) is 0 Å². The van der Waals surface area contributed by atoms with E-state index in [4.69, 9.17) is 28.4 Å². The van der Waals surface area contributed by atoms with Crippen molar-refractivity contribution < 1.29 is 68.6 Å². The number of hydrogen-bond acceptors (Lipinski definition) is 14. The monoisotopic (exact) mass is 903 g/mol. The molecule has 14 heteroatoms. The van der Waals surface area contributed by atoms with Crippen molar-refractivity contribution in [3.63, 3.8) is 0 Å². The molecule has 0 aliphatic carbocycles.